The van der Waals surface area contributed by atoms with Crippen molar-refractivity contribution in [3.8, 4) is 0 Å². The molecule has 0 aliphatic heterocycles. The van der Waals surface area contributed by atoms with Crippen LogP contribution in [0.15, 0.2) is 42.6 Å². The first-order chi connectivity index (χ1) is 10.1. The minimum atomic E-state index is -0.484. The smallest absolute Gasteiger partial charge is 0.312 e. The lowest BCUT2D eigenvalue weighted by Gasteiger charge is -2.12. The lowest BCUT2D eigenvalue weighted by Crippen LogP contribution is -2.09. The number of hydrogen-bond donors (Lipinski definition) is 1. The summed E-state index contributed by atoms with van der Waals surface area (Å²) >= 11 is 5.73. The molecule has 1 aromatic carbocycles. The van der Waals surface area contributed by atoms with Crippen LogP contribution in [0.5, 0.6) is 0 Å². The van der Waals surface area contributed by atoms with Crippen LogP contribution in [0.25, 0.3) is 0 Å². The van der Waals surface area contributed by atoms with Gasteiger partial charge in [0.05, 0.1) is 9.95 Å². The molecular weight excluding hydrogens is 290 g/mol. The summed E-state index contributed by atoms with van der Waals surface area (Å²) in [6.45, 7) is 2.73. The third-order valence-electron chi connectivity index (χ3n) is 3.27. The van der Waals surface area contributed by atoms with Gasteiger partial charge < -0.3 is 5.32 Å². The Morgan fingerprint density at radius 1 is 1.38 bits per heavy atom. The Kier molecular flexibility index (Phi) is 5.11. The molecule has 0 aliphatic carbocycles. The van der Waals surface area contributed by atoms with Crippen LogP contribution in [-0.2, 0) is 0 Å². The van der Waals surface area contributed by atoms with Crippen LogP contribution < -0.4 is 5.32 Å². The van der Waals surface area contributed by atoms with E-state index in [4.69, 9.17) is 11.6 Å². The summed E-state index contributed by atoms with van der Waals surface area (Å²) in [5, 5.41) is 14.2. The maximum atomic E-state index is 11.0. The van der Waals surface area contributed by atoms with Crippen LogP contribution in [0.4, 0.5) is 11.5 Å². The highest BCUT2D eigenvalue weighted by Gasteiger charge is 2.16. The highest BCUT2D eigenvalue weighted by Crippen LogP contribution is 2.25. The fourth-order valence-corrected chi connectivity index (χ4v) is 2.21. The van der Waals surface area contributed by atoms with E-state index in [1.165, 1.54) is 17.8 Å². The minimum Gasteiger partial charge on any atom is -0.364 e. The van der Waals surface area contributed by atoms with Gasteiger partial charge in [-0.1, -0.05) is 48.9 Å². The largest absolute Gasteiger partial charge is 0.364 e. The Morgan fingerprint density at radius 2 is 2.10 bits per heavy atom. The Balaban J connectivity index is 1.96. The van der Waals surface area contributed by atoms with E-state index in [0.717, 1.165) is 6.42 Å². The molecule has 0 aliphatic rings. The molecule has 0 saturated carbocycles. The van der Waals surface area contributed by atoms with Gasteiger partial charge in [-0.3, -0.25) is 10.1 Å². The van der Waals surface area contributed by atoms with E-state index in [1.807, 2.05) is 18.2 Å². The molecule has 1 aromatic heterocycles. The van der Waals surface area contributed by atoms with Crippen LogP contribution in [0.3, 0.4) is 0 Å². The number of benzene rings is 1. The average molecular weight is 306 g/mol. The second-order valence-electron chi connectivity index (χ2n) is 4.81. The van der Waals surface area contributed by atoms with Crippen molar-refractivity contribution in [2.75, 3.05) is 11.9 Å². The van der Waals surface area contributed by atoms with Gasteiger partial charge in [0.15, 0.2) is 0 Å². The number of nitro groups is 1. The summed E-state index contributed by atoms with van der Waals surface area (Å²) in [4.78, 5) is 14.5. The number of nitrogens with one attached hydrogen (secondary N) is 1. The highest BCUT2D eigenvalue weighted by molar-refractivity contribution is 6.30. The van der Waals surface area contributed by atoms with E-state index in [-0.39, 0.29) is 16.5 Å². The number of rotatable bonds is 6. The van der Waals surface area contributed by atoms with Crippen molar-refractivity contribution in [1.29, 1.82) is 0 Å². The Labute approximate surface area is 128 Å². The molecule has 5 nitrogen and oxygen atoms in total. The monoisotopic (exact) mass is 305 g/mol. The van der Waals surface area contributed by atoms with Crippen molar-refractivity contribution in [2.24, 2.45) is 0 Å². The molecule has 2 aromatic rings. The van der Waals surface area contributed by atoms with Gasteiger partial charge in [-0.2, -0.15) is 0 Å². The first kappa shape index (κ1) is 15.3. The van der Waals surface area contributed by atoms with E-state index >= 15 is 0 Å². The van der Waals surface area contributed by atoms with Gasteiger partial charge in [-0.05, 0) is 17.9 Å². The fraction of sp³-hybridized carbons (Fsp3) is 0.267. The van der Waals surface area contributed by atoms with Crippen LogP contribution in [-0.4, -0.2) is 16.5 Å². The van der Waals surface area contributed by atoms with Crippen molar-refractivity contribution in [3.05, 3.63) is 63.3 Å². The zero-order chi connectivity index (χ0) is 15.2. The number of anilines is 1. The zero-order valence-corrected chi connectivity index (χ0v) is 12.4. The standard InChI is InChI=1S/C15H16ClN3O2/c1-11(12-5-3-2-4-6-12)7-8-17-15-14(19(20)21)9-13(16)10-18-15/h2-6,9-11H,7-8H2,1H3,(H,17,18). The Bertz CT molecular complexity index is 620. The van der Waals surface area contributed by atoms with Gasteiger partial charge in [0.2, 0.25) is 5.82 Å². The van der Waals surface area contributed by atoms with Gasteiger partial charge in [0, 0.05) is 18.8 Å². The summed E-state index contributed by atoms with van der Waals surface area (Å²) < 4.78 is 0. The maximum Gasteiger partial charge on any atom is 0.312 e. The summed E-state index contributed by atoms with van der Waals surface area (Å²) in [5.74, 6) is 0.620. The molecule has 1 heterocycles. The van der Waals surface area contributed by atoms with Gasteiger partial charge in [0.1, 0.15) is 0 Å². The van der Waals surface area contributed by atoms with Crippen molar-refractivity contribution in [2.45, 2.75) is 19.3 Å². The molecule has 6 heteroatoms. The molecule has 0 amide bonds. The second-order valence-corrected chi connectivity index (χ2v) is 5.24. The SMILES string of the molecule is CC(CCNc1ncc(Cl)cc1[N+](=O)[O-])c1ccccc1. The second kappa shape index (κ2) is 7.04. The molecule has 0 saturated heterocycles. The predicted molar refractivity (Wildman–Crippen MR) is 83.9 cm³/mol. The Morgan fingerprint density at radius 3 is 2.76 bits per heavy atom. The van der Waals surface area contributed by atoms with Crippen LogP contribution in [0.2, 0.25) is 5.02 Å². The fourth-order valence-electron chi connectivity index (χ4n) is 2.06. The van der Waals surface area contributed by atoms with Crippen LogP contribution in [0, 0.1) is 10.1 Å². The molecule has 1 atom stereocenters. The number of nitrogens with zero attached hydrogens (tertiary/aromatic N) is 2. The van der Waals surface area contributed by atoms with Gasteiger partial charge in [-0.25, -0.2) is 4.98 Å². The highest BCUT2D eigenvalue weighted by atomic mass is 35.5. The normalized spacial score (nSPS) is 11.9. The quantitative estimate of drug-likeness (QED) is 0.640. The maximum absolute atomic E-state index is 11.0. The van der Waals surface area contributed by atoms with Gasteiger partial charge >= 0.3 is 5.69 Å². The number of aromatic nitrogens is 1. The minimum absolute atomic E-state index is 0.102. The number of halogens is 1. The predicted octanol–water partition coefficient (Wildman–Crippen LogP) is 4.25. The summed E-state index contributed by atoms with van der Waals surface area (Å²) in [5.41, 5.74) is 1.15. The summed E-state index contributed by atoms with van der Waals surface area (Å²) in [6, 6.07) is 11.4. The van der Waals surface area contributed by atoms with Crippen LogP contribution in [0.1, 0.15) is 24.8 Å². The lowest BCUT2D eigenvalue weighted by molar-refractivity contribution is -0.384. The molecule has 0 spiro atoms. The molecular formula is C15H16ClN3O2. The van der Waals surface area contributed by atoms with Crippen molar-refractivity contribution < 1.29 is 4.92 Å². The molecule has 2 rings (SSSR count). The first-order valence-electron chi connectivity index (χ1n) is 6.66. The molecule has 110 valence electrons. The Hall–Kier alpha value is -2.14. The van der Waals surface area contributed by atoms with Gasteiger partial charge in [-0.15, -0.1) is 0 Å². The summed E-state index contributed by atoms with van der Waals surface area (Å²) in [6.07, 6.45) is 2.25. The van der Waals surface area contributed by atoms with Gasteiger partial charge in [0.25, 0.3) is 0 Å². The molecule has 21 heavy (non-hydrogen) atoms. The molecule has 0 bridgehead atoms. The topological polar surface area (TPSA) is 68.1 Å². The lowest BCUT2D eigenvalue weighted by atomic mass is 9.98. The van der Waals surface area contributed by atoms with Crippen molar-refractivity contribution >= 4 is 23.1 Å². The van der Waals surface area contributed by atoms with E-state index in [1.54, 1.807) is 0 Å². The third-order valence-corrected chi connectivity index (χ3v) is 3.48. The van der Waals surface area contributed by atoms with E-state index in [2.05, 4.69) is 29.4 Å². The summed E-state index contributed by atoms with van der Waals surface area (Å²) in [7, 11) is 0. The molecule has 0 radical (unpaired) electrons. The van der Waals surface area contributed by atoms with Crippen molar-refractivity contribution in [3.63, 3.8) is 0 Å². The molecule has 0 fully saturated rings. The molecule has 1 N–H and O–H groups in total. The number of hydrogen-bond acceptors (Lipinski definition) is 4. The first-order valence-corrected chi connectivity index (χ1v) is 7.04. The number of pyridine rings is 1. The average Bonchev–Trinajstić information content (AvgIpc) is 2.49. The van der Waals surface area contributed by atoms with E-state index < -0.39 is 4.92 Å². The van der Waals surface area contributed by atoms with E-state index in [9.17, 15) is 10.1 Å². The third kappa shape index (κ3) is 4.16. The molecule has 1 unspecified atom stereocenters. The van der Waals surface area contributed by atoms with Crippen LogP contribution >= 0.6 is 11.6 Å². The van der Waals surface area contributed by atoms with Crippen molar-refractivity contribution in [1.82, 2.24) is 4.98 Å². The van der Waals surface area contributed by atoms with E-state index in [0.29, 0.717) is 12.5 Å². The zero-order valence-electron chi connectivity index (χ0n) is 11.6.